The lowest BCUT2D eigenvalue weighted by Gasteiger charge is -2.13. The molecule has 0 saturated carbocycles. The molecule has 8 heteroatoms. The van der Waals surface area contributed by atoms with Crippen LogP contribution in [-0.2, 0) is 9.59 Å². The van der Waals surface area contributed by atoms with Crippen LogP contribution < -0.4 is 5.32 Å². The zero-order valence-electron chi connectivity index (χ0n) is 10.8. The Morgan fingerprint density at radius 3 is 2.95 bits per heavy atom. The summed E-state index contributed by atoms with van der Waals surface area (Å²) in [4.78, 5) is 24.7. The fourth-order valence-electron chi connectivity index (χ4n) is 2.16. The number of hydrogen-bond acceptors (Lipinski definition) is 5. The number of halogens is 1. The SMILES string of the molecule is O=C1C=C(Nc2cccc3c(Cl)[nH]nc23)C(=O)N1CCO. The number of para-hydroxylation sites is 1. The molecule has 0 aliphatic carbocycles. The zero-order chi connectivity index (χ0) is 15.0. The second-order valence-corrected chi connectivity index (χ2v) is 4.82. The highest BCUT2D eigenvalue weighted by Gasteiger charge is 2.30. The quantitative estimate of drug-likeness (QED) is 0.728. The number of aliphatic hydroxyl groups excluding tert-OH is 1. The summed E-state index contributed by atoms with van der Waals surface area (Å²) in [6.07, 6.45) is 1.20. The zero-order valence-corrected chi connectivity index (χ0v) is 11.5. The molecule has 3 N–H and O–H groups in total. The number of hydrogen-bond donors (Lipinski definition) is 3. The van der Waals surface area contributed by atoms with Gasteiger partial charge in [-0.15, -0.1) is 0 Å². The van der Waals surface area contributed by atoms with Gasteiger partial charge in [0.25, 0.3) is 11.8 Å². The molecule has 0 saturated heterocycles. The van der Waals surface area contributed by atoms with Crippen LogP contribution in [0.4, 0.5) is 5.69 Å². The number of nitrogens with zero attached hydrogens (tertiary/aromatic N) is 2. The van der Waals surface area contributed by atoms with Gasteiger partial charge in [0.1, 0.15) is 16.4 Å². The Morgan fingerprint density at radius 2 is 2.19 bits per heavy atom. The Balaban J connectivity index is 1.91. The number of carbonyl (C=O) groups is 2. The summed E-state index contributed by atoms with van der Waals surface area (Å²) in [6.45, 7) is -0.305. The molecule has 1 aromatic heterocycles. The van der Waals surface area contributed by atoms with E-state index in [1.165, 1.54) is 6.08 Å². The van der Waals surface area contributed by atoms with Crippen LogP contribution in [0.5, 0.6) is 0 Å². The van der Waals surface area contributed by atoms with E-state index in [-0.39, 0.29) is 18.8 Å². The van der Waals surface area contributed by atoms with Gasteiger partial charge in [0.15, 0.2) is 0 Å². The molecule has 2 aromatic rings. The molecule has 0 bridgehead atoms. The first-order valence-electron chi connectivity index (χ1n) is 6.20. The Bertz CT molecular complexity index is 768. The van der Waals surface area contributed by atoms with E-state index < -0.39 is 11.8 Å². The summed E-state index contributed by atoms with van der Waals surface area (Å²) in [5.74, 6) is -0.934. The Kier molecular flexibility index (Phi) is 3.36. The number of aliphatic hydroxyl groups is 1. The molecule has 0 unspecified atom stereocenters. The molecular formula is C13H11ClN4O3. The predicted molar refractivity (Wildman–Crippen MR) is 76.6 cm³/mol. The third-order valence-corrected chi connectivity index (χ3v) is 3.43. The topological polar surface area (TPSA) is 98.3 Å². The van der Waals surface area contributed by atoms with Gasteiger partial charge >= 0.3 is 0 Å². The van der Waals surface area contributed by atoms with Crippen molar-refractivity contribution in [1.29, 1.82) is 0 Å². The number of aromatic nitrogens is 2. The lowest BCUT2D eigenvalue weighted by molar-refractivity contribution is -0.137. The number of rotatable bonds is 4. The maximum atomic E-state index is 12.1. The number of amides is 2. The highest BCUT2D eigenvalue weighted by atomic mass is 35.5. The molecule has 0 spiro atoms. The lowest BCUT2D eigenvalue weighted by atomic mass is 10.2. The van der Waals surface area contributed by atoms with Crippen molar-refractivity contribution >= 4 is 40.0 Å². The van der Waals surface area contributed by atoms with Gasteiger partial charge in [0.05, 0.1) is 18.8 Å². The van der Waals surface area contributed by atoms with Crippen LogP contribution in [0.15, 0.2) is 30.0 Å². The summed E-state index contributed by atoms with van der Waals surface area (Å²) >= 11 is 5.96. The largest absolute Gasteiger partial charge is 0.395 e. The molecule has 7 nitrogen and oxygen atoms in total. The third kappa shape index (κ3) is 2.26. The molecule has 2 amide bonds. The fraction of sp³-hybridized carbons (Fsp3) is 0.154. The molecule has 1 aromatic carbocycles. The van der Waals surface area contributed by atoms with Crippen molar-refractivity contribution in [2.45, 2.75) is 0 Å². The molecule has 108 valence electrons. The van der Waals surface area contributed by atoms with Crippen LogP contribution in [0.1, 0.15) is 0 Å². The monoisotopic (exact) mass is 306 g/mol. The van der Waals surface area contributed by atoms with Gasteiger partial charge < -0.3 is 10.4 Å². The second-order valence-electron chi connectivity index (χ2n) is 4.44. The Labute approximate surface area is 124 Å². The van der Waals surface area contributed by atoms with Crippen molar-refractivity contribution in [3.05, 3.63) is 35.1 Å². The van der Waals surface area contributed by atoms with Crippen LogP contribution in [0.25, 0.3) is 10.9 Å². The van der Waals surface area contributed by atoms with Crippen LogP contribution >= 0.6 is 11.6 Å². The third-order valence-electron chi connectivity index (χ3n) is 3.14. The minimum absolute atomic E-state index is 0.0300. The van der Waals surface area contributed by atoms with E-state index in [0.29, 0.717) is 21.7 Å². The van der Waals surface area contributed by atoms with Crippen LogP contribution in [-0.4, -0.2) is 45.2 Å². The molecule has 21 heavy (non-hydrogen) atoms. The minimum atomic E-state index is -0.479. The normalized spacial score (nSPS) is 15.0. The molecule has 0 atom stereocenters. The summed E-state index contributed by atoms with van der Waals surface area (Å²) in [7, 11) is 0. The number of anilines is 1. The molecule has 3 rings (SSSR count). The standard InChI is InChI=1S/C13H11ClN4O3/c14-12-7-2-1-3-8(11(7)16-17-12)15-9-6-10(20)18(4-5-19)13(9)21/h1-3,6,15,19H,4-5H2,(H,16,17). The van der Waals surface area contributed by atoms with E-state index >= 15 is 0 Å². The van der Waals surface area contributed by atoms with Gasteiger partial charge in [-0.25, -0.2) is 0 Å². The van der Waals surface area contributed by atoms with Gasteiger partial charge in [-0.3, -0.25) is 19.6 Å². The number of nitrogens with one attached hydrogen (secondary N) is 2. The van der Waals surface area contributed by atoms with E-state index in [1.54, 1.807) is 18.2 Å². The number of fused-ring (bicyclic) bond motifs is 1. The average Bonchev–Trinajstić information content (AvgIpc) is 2.96. The Morgan fingerprint density at radius 1 is 1.38 bits per heavy atom. The van der Waals surface area contributed by atoms with E-state index in [1.807, 2.05) is 0 Å². The van der Waals surface area contributed by atoms with Gasteiger partial charge in [0.2, 0.25) is 0 Å². The minimum Gasteiger partial charge on any atom is -0.395 e. The predicted octanol–water partition coefficient (Wildman–Crippen LogP) is 0.873. The van der Waals surface area contributed by atoms with Crippen LogP contribution in [0.3, 0.4) is 0 Å². The molecule has 1 aliphatic heterocycles. The van der Waals surface area contributed by atoms with Gasteiger partial charge in [0, 0.05) is 11.5 Å². The van der Waals surface area contributed by atoms with Gasteiger partial charge in [-0.1, -0.05) is 17.7 Å². The first kappa shape index (κ1) is 13.6. The molecule has 2 heterocycles. The summed E-state index contributed by atoms with van der Waals surface area (Å²) in [6, 6.07) is 5.28. The fourth-order valence-corrected chi connectivity index (χ4v) is 2.36. The average molecular weight is 307 g/mol. The molecule has 0 fully saturated rings. The second kappa shape index (κ2) is 5.19. The highest BCUT2D eigenvalue weighted by molar-refractivity contribution is 6.34. The first-order valence-corrected chi connectivity index (χ1v) is 6.57. The first-order chi connectivity index (χ1) is 10.1. The molecular weight excluding hydrogens is 296 g/mol. The number of carbonyl (C=O) groups excluding carboxylic acids is 2. The summed E-state index contributed by atoms with van der Waals surface area (Å²) < 4.78 is 0. The smallest absolute Gasteiger partial charge is 0.277 e. The lowest BCUT2D eigenvalue weighted by Crippen LogP contribution is -2.34. The molecule has 1 aliphatic rings. The van der Waals surface area contributed by atoms with Crippen molar-refractivity contribution < 1.29 is 14.7 Å². The van der Waals surface area contributed by atoms with Crippen LogP contribution in [0.2, 0.25) is 5.15 Å². The number of imide groups is 1. The van der Waals surface area contributed by atoms with E-state index in [0.717, 1.165) is 4.90 Å². The highest BCUT2D eigenvalue weighted by Crippen LogP contribution is 2.28. The number of aromatic amines is 1. The van der Waals surface area contributed by atoms with Crippen LogP contribution in [0, 0.1) is 0 Å². The number of benzene rings is 1. The maximum absolute atomic E-state index is 12.1. The van der Waals surface area contributed by atoms with Crippen molar-refractivity contribution in [2.24, 2.45) is 0 Å². The van der Waals surface area contributed by atoms with Crippen molar-refractivity contribution in [3.8, 4) is 0 Å². The molecule has 0 radical (unpaired) electrons. The van der Waals surface area contributed by atoms with E-state index in [4.69, 9.17) is 16.7 Å². The van der Waals surface area contributed by atoms with E-state index in [2.05, 4.69) is 15.5 Å². The van der Waals surface area contributed by atoms with Crippen molar-refractivity contribution in [2.75, 3.05) is 18.5 Å². The van der Waals surface area contributed by atoms with E-state index in [9.17, 15) is 9.59 Å². The van der Waals surface area contributed by atoms with Gasteiger partial charge in [-0.05, 0) is 12.1 Å². The van der Waals surface area contributed by atoms with Gasteiger partial charge in [-0.2, -0.15) is 5.10 Å². The summed E-state index contributed by atoms with van der Waals surface area (Å²) in [5, 5.41) is 19.6. The van der Waals surface area contributed by atoms with Crippen molar-refractivity contribution in [3.63, 3.8) is 0 Å². The van der Waals surface area contributed by atoms with Crippen molar-refractivity contribution in [1.82, 2.24) is 15.1 Å². The number of β-amino-alcohol motifs (C(OH)–C–C–N with tert-alkyl or cyclic N) is 1. The Hall–Kier alpha value is -2.38. The maximum Gasteiger partial charge on any atom is 0.277 e. The number of H-pyrrole nitrogens is 1. The summed E-state index contributed by atoms with van der Waals surface area (Å²) in [5.41, 5.74) is 1.28.